The van der Waals surface area contributed by atoms with Crippen LogP contribution in [-0.4, -0.2) is 89.5 Å². The average molecular weight is 560 g/mol. The number of amides is 1. The van der Waals surface area contributed by atoms with E-state index in [1.54, 1.807) is 18.7 Å². The highest BCUT2D eigenvalue weighted by Gasteiger charge is 2.52. The number of alkyl halides is 3. The molecule has 1 aromatic rings. The summed E-state index contributed by atoms with van der Waals surface area (Å²) in [5.74, 6) is -0.342. The third kappa shape index (κ3) is 8.15. The van der Waals surface area contributed by atoms with Crippen LogP contribution in [-0.2, 0) is 25.1 Å². The molecule has 4 atom stereocenters. The quantitative estimate of drug-likeness (QED) is 0.482. The molecule has 1 amide bonds. The van der Waals surface area contributed by atoms with Crippen LogP contribution in [0, 0.1) is 5.92 Å². The Morgan fingerprint density at radius 2 is 1.85 bits per heavy atom. The molecule has 3 saturated heterocycles. The number of carbonyl (C=O) groups excluding carboxylic acids is 1. The molecule has 3 fully saturated rings. The van der Waals surface area contributed by atoms with Crippen molar-refractivity contribution in [1.82, 2.24) is 20.2 Å². The van der Waals surface area contributed by atoms with Crippen LogP contribution in [0.3, 0.4) is 0 Å². The van der Waals surface area contributed by atoms with E-state index in [0.717, 1.165) is 25.8 Å². The van der Waals surface area contributed by atoms with Crippen molar-refractivity contribution >= 4 is 11.9 Å². The van der Waals surface area contributed by atoms with Crippen molar-refractivity contribution in [1.29, 1.82) is 0 Å². The Kier molecular flexibility index (Phi) is 8.94. The van der Waals surface area contributed by atoms with E-state index < -0.39 is 41.5 Å². The fourth-order valence-electron chi connectivity index (χ4n) is 5.17. The molecular formula is C26H40F3N5O5. The molecule has 2 N–H and O–H groups in total. The molecule has 0 aromatic carbocycles. The van der Waals surface area contributed by atoms with Gasteiger partial charge in [0.1, 0.15) is 23.6 Å². The van der Waals surface area contributed by atoms with Gasteiger partial charge in [-0.1, -0.05) is 0 Å². The van der Waals surface area contributed by atoms with E-state index in [1.807, 2.05) is 20.8 Å². The first-order valence-electron chi connectivity index (χ1n) is 13.5. The maximum atomic E-state index is 13.1. The predicted molar refractivity (Wildman–Crippen MR) is 136 cm³/mol. The summed E-state index contributed by atoms with van der Waals surface area (Å²) in [6.07, 6.45) is -1.18. The van der Waals surface area contributed by atoms with Gasteiger partial charge >= 0.3 is 12.3 Å². The summed E-state index contributed by atoms with van der Waals surface area (Å²) in [5.41, 5.74) is -1.56. The first-order chi connectivity index (χ1) is 18.2. The number of halogens is 3. The van der Waals surface area contributed by atoms with E-state index in [2.05, 4.69) is 20.6 Å². The van der Waals surface area contributed by atoms with Crippen LogP contribution >= 0.6 is 0 Å². The van der Waals surface area contributed by atoms with Crippen molar-refractivity contribution in [2.75, 3.05) is 38.1 Å². The molecule has 3 aliphatic rings. The predicted octanol–water partition coefficient (Wildman–Crippen LogP) is 3.82. The highest BCUT2D eigenvalue weighted by atomic mass is 19.4. The number of fused-ring (bicyclic) bond motifs is 1. The molecule has 0 radical (unpaired) electrons. The molecule has 220 valence electrons. The maximum absolute atomic E-state index is 13.1. The minimum Gasteiger partial charge on any atom is -0.444 e. The van der Waals surface area contributed by atoms with Crippen LogP contribution in [0.2, 0.25) is 0 Å². The van der Waals surface area contributed by atoms with Crippen LogP contribution in [0.15, 0.2) is 12.4 Å². The van der Waals surface area contributed by atoms with E-state index in [1.165, 1.54) is 6.20 Å². The van der Waals surface area contributed by atoms with Gasteiger partial charge in [0, 0.05) is 19.6 Å². The molecule has 10 nitrogen and oxygen atoms in total. The lowest BCUT2D eigenvalue weighted by molar-refractivity contribution is -0.153. The molecule has 4 rings (SSSR count). The number of hydrogen-bond acceptors (Lipinski definition) is 9. The number of rotatable bonds is 7. The lowest BCUT2D eigenvalue weighted by Crippen LogP contribution is -2.56. The number of ether oxygens (including phenoxy) is 4. The third-order valence-corrected chi connectivity index (χ3v) is 7.02. The first kappa shape index (κ1) is 29.8. The highest BCUT2D eigenvalue weighted by molar-refractivity contribution is 5.68. The number of anilines is 1. The molecule has 4 heterocycles. The minimum absolute atomic E-state index is 0.000211. The van der Waals surface area contributed by atoms with Crippen LogP contribution in [0.1, 0.15) is 59.6 Å². The van der Waals surface area contributed by atoms with Crippen molar-refractivity contribution in [2.24, 2.45) is 5.92 Å². The van der Waals surface area contributed by atoms with Gasteiger partial charge in [-0.2, -0.15) is 13.2 Å². The summed E-state index contributed by atoms with van der Waals surface area (Å²) >= 11 is 0. The van der Waals surface area contributed by atoms with Gasteiger partial charge in [0.05, 0.1) is 31.1 Å². The summed E-state index contributed by atoms with van der Waals surface area (Å²) in [7, 11) is 0. The van der Waals surface area contributed by atoms with Crippen molar-refractivity contribution < 1.29 is 36.9 Å². The van der Waals surface area contributed by atoms with Gasteiger partial charge in [-0.3, -0.25) is 4.98 Å². The van der Waals surface area contributed by atoms with E-state index in [0.29, 0.717) is 31.7 Å². The number of piperidine rings is 1. The molecule has 13 heteroatoms. The fourth-order valence-corrected chi connectivity index (χ4v) is 5.17. The Hall–Kier alpha value is -2.22. The largest absolute Gasteiger partial charge is 0.444 e. The maximum Gasteiger partial charge on any atom is 0.434 e. The number of hydrogen-bond donors (Lipinski definition) is 2. The second kappa shape index (κ2) is 11.7. The van der Waals surface area contributed by atoms with Crippen LogP contribution in [0.4, 0.5) is 23.8 Å². The summed E-state index contributed by atoms with van der Waals surface area (Å²) < 4.78 is 63.0. The van der Waals surface area contributed by atoms with Gasteiger partial charge in [-0.25, -0.2) is 9.78 Å². The standard InChI is InChI=1S/C26H40F3N5O5/c1-24(2,3)39-23(35)34-10-7-16(8-11-34)6-9-30-12-18-22-21(37-25(4,5)38-22)17(15-36-18)32-20-14-31-13-19(33-20)26(27,28)29/h13-14,16-18,21-22,30H,6-12,15H2,1-5H3,(H,32,33)/t17-,18+,21+,22-/m0/s1. The van der Waals surface area contributed by atoms with Gasteiger partial charge in [0.15, 0.2) is 11.5 Å². The highest BCUT2D eigenvalue weighted by Crippen LogP contribution is 2.36. The Bertz CT molecular complexity index is 981. The smallest absolute Gasteiger partial charge is 0.434 e. The van der Waals surface area contributed by atoms with Gasteiger partial charge in [-0.05, 0) is 66.3 Å². The second-order valence-electron chi connectivity index (χ2n) is 11.9. The van der Waals surface area contributed by atoms with Crippen molar-refractivity contribution in [2.45, 2.75) is 95.8 Å². The van der Waals surface area contributed by atoms with Crippen molar-refractivity contribution in [3.63, 3.8) is 0 Å². The topological polar surface area (TPSA) is 107 Å². The monoisotopic (exact) mass is 559 g/mol. The van der Waals surface area contributed by atoms with Gasteiger partial charge in [-0.15, -0.1) is 0 Å². The van der Waals surface area contributed by atoms with E-state index in [4.69, 9.17) is 18.9 Å². The summed E-state index contributed by atoms with van der Waals surface area (Å²) in [5, 5.41) is 6.46. The summed E-state index contributed by atoms with van der Waals surface area (Å²) in [6, 6.07) is -0.457. The molecule has 0 aliphatic carbocycles. The van der Waals surface area contributed by atoms with Crippen molar-refractivity contribution in [3.8, 4) is 0 Å². The zero-order valence-electron chi connectivity index (χ0n) is 23.2. The van der Waals surface area contributed by atoms with Crippen molar-refractivity contribution in [3.05, 3.63) is 18.1 Å². The number of nitrogens with one attached hydrogen (secondary N) is 2. The number of aromatic nitrogens is 2. The number of carbonyl (C=O) groups is 1. The Morgan fingerprint density at radius 3 is 2.51 bits per heavy atom. The summed E-state index contributed by atoms with van der Waals surface area (Å²) in [6.45, 7) is 12.2. The Balaban J connectivity index is 1.24. The Labute approximate surface area is 227 Å². The van der Waals surface area contributed by atoms with Gasteiger partial charge in [0.2, 0.25) is 0 Å². The van der Waals surface area contributed by atoms with Crippen LogP contribution in [0.25, 0.3) is 0 Å². The molecule has 0 spiro atoms. The molecule has 0 bridgehead atoms. The summed E-state index contributed by atoms with van der Waals surface area (Å²) in [4.78, 5) is 21.4. The first-order valence-corrected chi connectivity index (χ1v) is 13.5. The molecule has 39 heavy (non-hydrogen) atoms. The lowest BCUT2D eigenvalue weighted by atomic mass is 9.93. The van der Waals surface area contributed by atoms with Crippen LogP contribution < -0.4 is 10.6 Å². The molecule has 0 saturated carbocycles. The second-order valence-corrected chi connectivity index (χ2v) is 11.9. The number of nitrogens with zero attached hydrogens (tertiary/aromatic N) is 3. The van der Waals surface area contributed by atoms with Gasteiger partial charge in [0.25, 0.3) is 0 Å². The normalized spacial score (nSPS) is 27.7. The zero-order chi connectivity index (χ0) is 28.4. The number of likely N-dealkylation sites (tertiary alicyclic amines) is 1. The van der Waals surface area contributed by atoms with E-state index in [9.17, 15) is 18.0 Å². The van der Waals surface area contributed by atoms with E-state index >= 15 is 0 Å². The fraction of sp³-hybridized carbons (Fsp3) is 0.808. The molecule has 1 aromatic heterocycles. The van der Waals surface area contributed by atoms with E-state index in [-0.39, 0.29) is 24.6 Å². The molecule has 3 aliphatic heterocycles. The third-order valence-electron chi connectivity index (χ3n) is 7.02. The molecular weight excluding hydrogens is 519 g/mol. The zero-order valence-corrected chi connectivity index (χ0v) is 23.2. The lowest BCUT2D eigenvalue weighted by Gasteiger charge is -2.37. The van der Waals surface area contributed by atoms with Crippen LogP contribution in [0.5, 0.6) is 0 Å². The minimum atomic E-state index is -4.59. The average Bonchev–Trinajstić information content (AvgIpc) is 3.17. The van der Waals surface area contributed by atoms with Gasteiger partial charge < -0.3 is 34.5 Å². The Morgan fingerprint density at radius 1 is 1.15 bits per heavy atom. The SMILES string of the molecule is CC(C)(C)OC(=O)N1CCC(CCNC[C@H]2OC[C@H](Nc3cncc(C(F)(F)F)n3)[C@H]3OC(C)(C)O[C@H]32)CC1. The molecule has 0 unspecified atom stereocenters.